The first-order valence-electron chi connectivity index (χ1n) is 29.2. The Balaban J connectivity index is 1.06. The molecule has 4 aromatic rings. The van der Waals surface area contributed by atoms with Gasteiger partial charge in [-0.2, -0.15) is 0 Å². The standard InChI is InChI=1S/C63H86N8O12/c1-9-12-13-34-82-49-30-26-46(27-31-49)44-20-18-43(19-21-44)45-22-24-47(25-23-45)58(76)64-38-54(75)66-56(41(5)72)63(81)69-32-14-15-51(69)59(77)68-57(53(74)37-42-16-28-48(73)29-17-42)61(79)65-50(10-2)62(80)70-39-40(4)36-52(70)60(78)67-55(11-3)83-35-33-71(6,7)8/h16-31,40-41,50-53,55-57,72,74H,9-15,32-39H2,1-8H3,(H5-,64,65,66,67,68,73,75,76,77,78,79)/p+1/t40-,41-,50?,51?,52?,53-,55?,56?,57?/m1/s1. The molecule has 6 rings (SSSR count). The van der Waals surface area contributed by atoms with Crippen LogP contribution in [0, 0.1) is 5.92 Å². The number of ether oxygens (including phenoxy) is 2. The lowest BCUT2D eigenvalue weighted by molar-refractivity contribution is -0.870. The van der Waals surface area contributed by atoms with Crippen molar-refractivity contribution in [2.75, 3.05) is 60.5 Å². The van der Waals surface area contributed by atoms with Crippen LogP contribution in [0.5, 0.6) is 11.5 Å². The summed E-state index contributed by atoms with van der Waals surface area (Å²) in [5.41, 5.74) is 4.70. The fraction of sp³-hybridized carbons (Fsp3) is 0.508. The summed E-state index contributed by atoms with van der Waals surface area (Å²) in [7, 11) is 6.11. The summed E-state index contributed by atoms with van der Waals surface area (Å²) in [6.07, 6.45) is 0.992. The number of carbonyl (C=O) groups excluding carboxylic acids is 7. The van der Waals surface area contributed by atoms with Crippen molar-refractivity contribution in [1.29, 1.82) is 0 Å². The molecule has 2 aliphatic heterocycles. The van der Waals surface area contributed by atoms with Gasteiger partial charge in [0.15, 0.2) is 0 Å². The lowest BCUT2D eigenvalue weighted by Crippen LogP contribution is -2.62. The van der Waals surface area contributed by atoms with Crippen LogP contribution in [0.4, 0.5) is 0 Å². The fourth-order valence-corrected chi connectivity index (χ4v) is 10.2. The van der Waals surface area contributed by atoms with E-state index in [4.69, 9.17) is 9.47 Å². The van der Waals surface area contributed by atoms with E-state index in [0.717, 1.165) is 47.3 Å². The Morgan fingerprint density at radius 1 is 0.687 bits per heavy atom. The van der Waals surface area contributed by atoms with Crippen molar-refractivity contribution in [3.8, 4) is 33.8 Å². The van der Waals surface area contributed by atoms with Gasteiger partial charge in [0.05, 0.1) is 53.1 Å². The Morgan fingerprint density at radius 3 is 1.87 bits per heavy atom. The number of unbranched alkanes of at least 4 members (excludes halogenated alkanes) is 2. The molecule has 2 saturated heterocycles. The maximum atomic E-state index is 14.4. The third kappa shape index (κ3) is 18.8. The number of amides is 7. The third-order valence-electron chi connectivity index (χ3n) is 15.1. The lowest BCUT2D eigenvalue weighted by Gasteiger charge is -2.33. The van der Waals surface area contributed by atoms with E-state index >= 15 is 0 Å². The van der Waals surface area contributed by atoms with Gasteiger partial charge in [-0.3, -0.25) is 33.6 Å². The van der Waals surface area contributed by atoms with E-state index in [1.165, 1.54) is 28.9 Å². The first-order chi connectivity index (χ1) is 39.6. The summed E-state index contributed by atoms with van der Waals surface area (Å²) in [6.45, 7) is 10.5. The topological polar surface area (TPSA) is 265 Å². The molecule has 6 unspecified atom stereocenters. The number of aromatic hydroxyl groups is 1. The van der Waals surface area contributed by atoms with Gasteiger partial charge in [-0.05, 0) is 116 Å². The molecule has 9 atom stereocenters. The number of hydrogen-bond donors (Lipinski definition) is 8. The minimum atomic E-state index is -1.67. The summed E-state index contributed by atoms with van der Waals surface area (Å²) >= 11 is 0. The van der Waals surface area contributed by atoms with Crippen LogP contribution in [0.15, 0.2) is 97.1 Å². The van der Waals surface area contributed by atoms with Crippen LogP contribution < -0.4 is 31.3 Å². The van der Waals surface area contributed by atoms with Crippen molar-refractivity contribution in [3.05, 3.63) is 108 Å². The molecule has 4 aromatic carbocycles. The number of likely N-dealkylation sites (N-methyl/N-ethyl adjacent to an activating group) is 1. The molecular weight excluding hydrogens is 1060 g/mol. The van der Waals surface area contributed by atoms with Crippen LogP contribution >= 0.6 is 0 Å². The number of phenolic OH excluding ortho intramolecular Hbond substituents is 1. The summed E-state index contributed by atoms with van der Waals surface area (Å²) in [6, 6.07) is 22.4. The summed E-state index contributed by atoms with van der Waals surface area (Å²) in [5.74, 6) is -3.95. The third-order valence-corrected chi connectivity index (χ3v) is 15.1. The van der Waals surface area contributed by atoms with Crippen LogP contribution in [0.1, 0.15) is 102 Å². The molecule has 20 nitrogen and oxygen atoms in total. The van der Waals surface area contributed by atoms with Crippen molar-refractivity contribution < 1.29 is 62.8 Å². The Hall–Kier alpha value is -7.39. The van der Waals surface area contributed by atoms with Gasteiger partial charge in [0.2, 0.25) is 35.4 Å². The molecule has 0 radical (unpaired) electrons. The summed E-state index contributed by atoms with van der Waals surface area (Å²) in [5, 5.41) is 45.9. The number of phenols is 1. The second-order valence-corrected chi connectivity index (χ2v) is 22.9. The average molecular weight is 1150 g/mol. The van der Waals surface area contributed by atoms with Crippen molar-refractivity contribution in [2.24, 2.45) is 5.92 Å². The molecule has 0 saturated carbocycles. The van der Waals surface area contributed by atoms with E-state index in [1.54, 1.807) is 43.3 Å². The Labute approximate surface area is 488 Å². The number of quaternary nitrogens is 1. The van der Waals surface area contributed by atoms with Crippen molar-refractivity contribution in [1.82, 2.24) is 36.4 Å². The SMILES string of the molecule is CCCCCOc1ccc(-c2ccc(-c3ccc(C(=O)NCC(=O)NC(C(=O)N4CCCC4C(=O)NC(C(=O)NC(CC)C(=O)N4C[C@H](C)CC4C(=O)NC(CC)OCC[N+](C)(C)C)[C@H](O)Cc4ccc(O)cc4)[C@@H](C)O)cc3)cc2)cc1. The van der Waals surface area contributed by atoms with Crippen LogP contribution in [0.25, 0.3) is 22.3 Å². The zero-order valence-corrected chi connectivity index (χ0v) is 49.4. The molecule has 2 heterocycles. The van der Waals surface area contributed by atoms with E-state index in [0.29, 0.717) is 49.1 Å². The van der Waals surface area contributed by atoms with E-state index in [9.17, 15) is 48.9 Å². The minimum Gasteiger partial charge on any atom is -0.508 e. The highest BCUT2D eigenvalue weighted by Gasteiger charge is 2.44. The van der Waals surface area contributed by atoms with Crippen LogP contribution in [0.2, 0.25) is 0 Å². The van der Waals surface area contributed by atoms with Gasteiger partial charge in [0.1, 0.15) is 54.5 Å². The van der Waals surface area contributed by atoms with E-state index < -0.39 is 90.6 Å². The molecule has 0 bridgehead atoms. The van der Waals surface area contributed by atoms with Crippen LogP contribution in [-0.4, -0.2) is 180 Å². The van der Waals surface area contributed by atoms with Gasteiger partial charge in [0.25, 0.3) is 5.91 Å². The highest BCUT2D eigenvalue weighted by atomic mass is 16.5. The van der Waals surface area contributed by atoms with E-state index in [-0.39, 0.29) is 55.5 Å². The average Bonchev–Trinajstić information content (AvgIpc) is 4.15. The molecule has 0 aromatic heterocycles. The Morgan fingerprint density at radius 2 is 1.29 bits per heavy atom. The smallest absolute Gasteiger partial charge is 0.251 e. The molecule has 0 aliphatic carbocycles. The maximum Gasteiger partial charge on any atom is 0.251 e. The van der Waals surface area contributed by atoms with Crippen molar-refractivity contribution in [3.63, 3.8) is 0 Å². The number of likely N-dealkylation sites (tertiary alicyclic amines) is 2. The molecule has 7 amide bonds. The van der Waals surface area contributed by atoms with Crippen LogP contribution in [-0.2, 0) is 39.9 Å². The number of hydrogen-bond acceptors (Lipinski definition) is 12. The zero-order chi connectivity index (χ0) is 60.4. The highest BCUT2D eigenvalue weighted by Crippen LogP contribution is 2.28. The second kappa shape index (κ2) is 30.8. The lowest BCUT2D eigenvalue weighted by atomic mass is 9.99. The maximum absolute atomic E-state index is 14.4. The minimum absolute atomic E-state index is 0.0274. The normalized spacial score (nSPS) is 18.2. The van der Waals surface area contributed by atoms with Crippen molar-refractivity contribution in [2.45, 2.75) is 141 Å². The predicted octanol–water partition coefficient (Wildman–Crippen LogP) is 4.68. The van der Waals surface area contributed by atoms with Crippen LogP contribution in [0.3, 0.4) is 0 Å². The highest BCUT2D eigenvalue weighted by molar-refractivity contribution is 5.99. The monoisotopic (exact) mass is 1150 g/mol. The van der Waals surface area contributed by atoms with Gasteiger partial charge in [-0.1, -0.05) is 101 Å². The van der Waals surface area contributed by atoms with E-state index in [1.807, 2.05) is 83.5 Å². The number of carbonyl (C=O) groups is 7. The van der Waals surface area contributed by atoms with Crippen molar-refractivity contribution >= 4 is 41.4 Å². The molecule has 20 heteroatoms. The molecule has 0 spiro atoms. The van der Waals surface area contributed by atoms with Gasteiger partial charge < -0.3 is 65.7 Å². The number of nitrogens with zero attached hydrogens (tertiary/aromatic N) is 3. The Bertz CT molecular complexity index is 2790. The molecule has 8 N–H and O–H groups in total. The number of rotatable bonds is 29. The molecule has 450 valence electrons. The number of aliphatic hydroxyl groups is 2. The summed E-state index contributed by atoms with van der Waals surface area (Å²) < 4.78 is 12.5. The number of nitrogens with one attached hydrogen (secondary N) is 5. The molecule has 83 heavy (non-hydrogen) atoms. The summed E-state index contributed by atoms with van der Waals surface area (Å²) in [4.78, 5) is 100. The number of aliphatic hydroxyl groups excluding tert-OH is 2. The molecule has 2 aliphatic rings. The molecule has 2 fully saturated rings. The first kappa shape index (κ1) is 64.8. The van der Waals surface area contributed by atoms with Gasteiger partial charge in [0, 0.05) is 25.1 Å². The predicted molar refractivity (Wildman–Crippen MR) is 315 cm³/mol. The molecular formula is C63H87N8O12+. The largest absolute Gasteiger partial charge is 0.508 e. The zero-order valence-electron chi connectivity index (χ0n) is 49.4. The quantitative estimate of drug-likeness (QED) is 0.0210. The van der Waals surface area contributed by atoms with Gasteiger partial charge >= 0.3 is 0 Å². The number of benzene rings is 4. The Kier molecular flexibility index (Phi) is 24.0. The van der Waals surface area contributed by atoms with Gasteiger partial charge in [-0.25, -0.2) is 0 Å². The van der Waals surface area contributed by atoms with Gasteiger partial charge in [-0.15, -0.1) is 0 Å². The first-order valence-corrected chi connectivity index (χ1v) is 29.2. The van der Waals surface area contributed by atoms with E-state index in [2.05, 4.69) is 33.5 Å². The fourth-order valence-electron chi connectivity index (χ4n) is 10.2. The second-order valence-electron chi connectivity index (χ2n) is 22.9.